The van der Waals surface area contributed by atoms with Crippen LogP contribution in [-0.2, 0) is 13.8 Å². The van der Waals surface area contributed by atoms with E-state index in [0.717, 1.165) is 0 Å². The molecule has 4 atom stereocenters. The fourth-order valence-corrected chi connectivity index (χ4v) is 3.39. The molecule has 1 aromatic heterocycles. The lowest BCUT2D eigenvalue weighted by molar-refractivity contribution is -0.174. The van der Waals surface area contributed by atoms with Crippen LogP contribution < -0.4 is 15.9 Å². The Bertz CT molecular complexity index is 849. The monoisotopic (exact) mass is 382 g/mol. The Hall–Kier alpha value is -2.35. The molecule has 1 fully saturated rings. The van der Waals surface area contributed by atoms with Gasteiger partial charge in [0.05, 0.1) is 0 Å². The molecule has 0 amide bonds. The molecular formula is C16H18FN3O5P+. The number of para-hydroxylation sites is 1. The van der Waals surface area contributed by atoms with Crippen LogP contribution in [-0.4, -0.2) is 22.0 Å². The number of nitrogens with two attached hydrogens (primary N) is 1. The third-order valence-electron chi connectivity index (χ3n) is 3.88. The fraction of sp³-hybridized carbons (Fsp3) is 0.375. The molecule has 3 rings (SSSR count). The molecule has 0 aliphatic carbocycles. The molecule has 0 bridgehead atoms. The first kappa shape index (κ1) is 18.4. The Labute approximate surface area is 149 Å². The van der Waals surface area contributed by atoms with E-state index in [4.69, 9.17) is 19.5 Å². The molecule has 0 spiro atoms. The number of nitrogen functional groups attached to an aromatic ring is 1. The molecule has 10 heteroatoms. The van der Waals surface area contributed by atoms with Gasteiger partial charge in [-0.15, -0.1) is 4.52 Å². The number of aromatic nitrogens is 2. The molecule has 2 N–H and O–H groups in total. The Kier molecular flexibility index (Phi) is 5.31. The second kappa shape index (κ2) is 7.49. The molecule has 4 unspecified atom stereocenters. The zero-order valence-corrected chi connectivity index (χ0v) is 14.8. The molecule has 2 heterocycles. The van der Waals surface area contributed by atoms with Crippen LogP contribution in [0.2, 0.25) is 0 Å². The number of benzene rings is 1. The minimum atomic E-state index is -2.57. The third kappa shape index (κ3) is 4.24. The molecule has 0 radical (unpaired) electrons. The highest BCUT2D eigenvalue weighted by molar-refractivity contribution is 7.33. The van der Waals surface area contributed by atoms with Crippen molar-refractivity contribution >= 4 is 14.1 Å². The summed E-state index contributed by atoms with van der Waals surface area (Å²) in [5.41, 5.74) is 4.82. The van der Waals surface area contributed by atoms with Gasteiger partial charge < -0.3 is 10.5 Å². The minimum Gasteiger partial charge on any atom is -0.383 e. The smallest absolute Gasteiger partial charge is 0.383 e. The molecule has 2 aromatic rings. The van der Waals surface area contributed by atoms with E-state index < -0.39 is 32.6 Å². The van der Waals surface area contributed by atoms with Gasteiger partial charge in [-0.2, -0.15) is 4.98 Å². The van der Waals surface area contributed by atoms with Crippen LogP contribution in [0.3, 0.4) is 0 Å². The maximum atomic E-state index is 14.9. The summed E-state index contributed by atoms with van der Waals surface area (Å²) in [6, 6.07) is 9.83. The summed E-state index contributed by atoms with van der Waals surface area (Å²) in [6.45, 7) is 1.14. The van der Waals surface area contributed by atoms with Gasteiger partial charge in [-0.1, -0.05) is 25.1 Å². The topological polar surface area (TPSA) is 106 Å². The molecule has 0 saturated carbocycles. The van der Waals surface area contributed by atoms with E-state index in [0.29, 0.717) is 5.75 Å². The second-order valence-electron chi connectivity index (χ2n) is 6.02. The number of anilines is 1. The van der Waals surface area contributed by atoms with Gasteiger partial charge in [-0.25, -0.2) is 13.7 Å². The molecule has 1 saturated heterocycles. The first-order valence-electron chi connectivity index (χ1n) is 7.91. The first-order chi connectivity index (χ1) is 12.4. The molecule has 1 aliphatic heterocycles. The summed E-state index contributed by atoms with van der Waals surface area (Å²) < 4.78 is 43.4. The van der Waals surface area contributed by atoms with Crippen LogP contribution in [0.4, 0.5) is 10.2 Å². The molecular weight excluding hydrogens is 364 g/mol. The van der Waals surface area contributed by atoms with Gasteiger partial charge >= 0.3 is 13.9 Å². The van der Waals surface area contributed by atoms with Crippen LogP contribution in [0.25, 0.3) is 0 Å². The Morgan fingerprint density at radius 2 is 2.15 bits per heavy atom. The van der Waals surface area contributed by atoms with Crippen molar-refractivity contribution in [3.05, 3.63) is 53.1 Å². The highest BCUT2D eigenvalue weighted by Crippen LogP contribution is 2.43. The normalized spacial score (nSPS) is 25.8. The van der Waals surface area contributed by atoms with Crippen molar-refractivity contribution in [1.29, 1.82) is 0 Å². The van der Waals surface area contributed by atoms with Crippen LogP contribution in [0.15, 0.2) is 47.4 Å². The quantitative estimate of drug-likeness (QED) is 0.766. The number of ether oxygens (including phenoxy) is 1. The highest BCUT2D eigenvalue weighted by atomic mass is 31.1. The van der Waals surface area contributed by atoms with E-state index in [1.807, 2.05) is 0 Å². The van der Waals surface area contributed by atoms with E-state index in [9.17, 15) is 13.8 Å². The van der Waals surface area contributed by atoms with E-state index in [-0.39, 0.29) is 18.2 Å². The maximum Gasteiger partial charge on any atom is 0.750 e. The molecule has 26 heavy (non-hydrogen) atoms. The summed E-state index contributed by atoms with van der Waals surface area (Å²) in [5, 5.41) is 0. The third-order valence-corrected chi connectivity index (χ3v) is 4.58. The van der Waals surface area contributed by atoms with E-state index >= 15 is 0 Å². The largest absolute Gasteiger partial charge is 0.750 e. The van der Waals surface area contributed by atoms with Crippen molar-refractivity contribution in [2.45, 2.75) is 25.4 Å². The van der Waals surface area contributed by atoms with Crippen molar-refractivity contribution in [2.24, 2.45) is 5.92 Å². The van der Waals surface area contributed by atoms with Gasteiger partial charge in [-0.05, 0) is 18.2 Å². The van der Waals surface area contributed by atoms with Crippen molar-refractivity contribution in [3.8, 4) is 5.75 Å². The van der Waals surface area contributed by atoms with E-state index in [2.05, 4.69) is 4.98 Å². The molecule has 138 valence electrons. The second-order valence-corrected chi connectivity index (χ2v) is 6.90. The number of rotatable bonds is 6. The van der Waals surface area contributed by atoms with Gasteiger partial charge in [0.1, 0.15) is 12.0 Å². The summed E-state index contributed by atoms with van der Waals surface area (Å²) in [7, 11) is -2.57. The highest BCUT2D eigenvalue weighted by Gasteiger charge is 2.49. The van der Waals surface area contributed by atoms with Crippen LogP contribution in [0.1, 0.15) is 19.6 Å². The average Bonchev–Trinajstić information content (AvgIpc) is 2.89. The summed E-state index contributed by atoms with van der Waals surface area (Å²) in [5.74, 6) is -2.11. The summed E-state index contributed by atoms with van der Waals surface area (Å²) in [4.78, 5) is 15.5. The zero-order chi connectivity index (χ0) is 18.7. The zero-order valence-electron chi connectivity index (χ0n) is 13.9. The Morgan fingerprint density at radius 1 is 1.42 bits per heavy atom. The van der Waals surface area contributed by atoms with Gasteiger partial charge in [0.2, 0.25) is 5.85 Å². The lowest BCUT2D eigenvalue weighted by atomic mass is 10.1. The van der Waals surface area contributed by atoms with Crippen molar-refractivity contribution in [2.75, 3.05) is 12.3 Å². The number of alkyl halides is 1. The summed E-state index contributed by atoms with van der Waals surface area (Å²) >= 11 is 0. The van der Waals surface area contributed by atoms with Gasteiger partial charge in [-0.3, -0.25) is 4.57 Å². The molecule has 1 aliphatic rings. The maximum absolute atomic E-state index is 14.9. The average molecular weight is 382 g/mol. The number of hydrogen-bond acceptors (Lipinski definition) is 7. The number of nitrogens with zero attached hydrogens (tertiary/aromatic N) is 2. The van der Waals surface area contributed by atoms with Crippen LogP contribution in [0.5, 0.6) is 5.75 Å². The van der Waals surface area contributed by atoms with Crippen molar-refractivity contribution in [1.82, 2.24) is 9.55 Å². The Balaban J connectivity index is 1.62. The molecule has 8 nitrogen and oxygen atoms in total. The van der Waals surface area contributed by atoms with Gasteiger partial charge in [0.15, 0.2) is 12.4 Å². The predicted molar refractivity (Wildman–Crippen MR) is 91.3 cm³/mol. The lowest BCUT2D eigenvalue weighted by Crippen LogP contribution is -2.32. The van der Waals surface area contributed by atoms with Crippen molar-refractivity contribution < 1.29 is 22.7 Å². The summed E-state index contributed by atoms with van der Waals surface area (Å²) in [6.07, 6.45) is 0.498. The van der Waals surface area contributed by atoms with E-state index in [1.54, 1.807) is 37.3 Å². The van der Waals surface area contributed by atoms with Crippen LogP contribution in [0, 0.1) is 5.92 Å². The standard InChI is InChI=1S/C16H17FN3O5P/c1-11-9-16(17,10-23-26(22)25-12-5-3-2-4-6-12)24-14(11)20-8-7-13(18)19-15(20)21/h2-8,11,14H,9-10H2,1H3,(H-,18,19,21)/p+1. The van der Waals surface area contributed by atoms with E-state index in [1.165, 1.54) is 16.8 Å². The van der Waals surface area contributed by atoms with Crippen LogP contribution >= 0.6 is 8.25 Å². The minimum absolute atomic E-state index is 0.0387. The van der Waals surface area contributed by atoms with Gasteiger partial charge in [0, 0.05) is 23.1 Å². The Morgan fingerprint density at radius 3 is 2.85 bits per heavy atom. The van der Waals surface area contributed by atoms with Crippen molar-refractivity contribution in [3.63, 3.8) is 0 Å². The predicted octanol–water partition coefficient (Wildman–Crippen LogP) is 2.80. The van der Waals surface area contributed by atoms with Gasteiger partial charge in [0.25, 0.3) is 0 Å². The lowest BCUT2D eigenvalue weighted by Gasteiger charge is -2.19. The fourth-order valence-electron chi connectivity index (χ4n) is 2.75. The first-order valence-corrected chi connectivity index (χ1v) is 9.00. The number of hydrogen-bond donors (Lipinski definition) is 1. The molecule has 1 aromatic carbocycles. The number of halogens is 1. The SMILES string of the molecule is CC1CC(F)(CO[P+](=O)Oc2ccccc2)OC1n1ccc(N)nc1=O.